The molecule has 0 aromatic carbocycles. The van der Waals surface area contributed by atoms with Crippen molar-refractivity contribution in [3.63, 3.8) is 0 Å². The molecule has 0 spiro atoms. The van der Waals surface area contributed by atoms with Gasteiger partial charge in [-0.2, -0.15) is 4.98 Å². The molecule has 0 amide bonds. The highest BCUT2D eigenvalue weighted by Crippen LogP contribution is 2.30. The summed E-state index contributed by atoms with van der Waals surface area (Å²) in [6.45, 7) is -0.417. The van der Waals surface area contributed by atoms with Gasteiger partial charge in [0.1, 0.15) is 29.5 Å². The van der Waals surface area contributed by atoms with Crippen LogP contribution in [0.15, 0.2) is 17.3 Å². The third-order valence-corrected chi connectivity index (χ3v) is 3.14. The Kier molecular flexibility index (Phi) is 2.82. The number of nitrogens with zero attached hydrogens (tertiary/aromatic N) is 3. The van der Waals surface area contributed by atoms with Gasteiger partial charge in [0.05, 0.1) is 19.1 Å². The molecule has 0 saturated carbocycles. The van der Waals surface area contributed by atoms with Gasteiger partial charge in [0, 0.05) is 0 Å². The molecule has 102 valence electrons. The fourth-order valence-corrected chi connectivity index (χ4v) is 2.15. The maximum absolute atomic E-state index is 11.2. The lowest BCUT2D eigenvalue weighted by molar-refractivity contribution is -0.0511. The first-order valence-electron chi connectivity index (χ1n) is 5.66. The van der Waals surface area contributed by atoms with Crippen LogP contribution in [0.2, 0.25) is 0 Å². The Hall–Kier alpha value is -1.81. The predicted molar refractivity (Wildman–Crippen MR) is 61.2 cm³/mol. The number of aliphatic hydroxyl groups excluding tert-OH is 3. The number of H-pyrrole nitrogens is 1. The van der Waals surface area contributed by atoms with E-state index in [0.29, 0.717) is 11.2 Å². The van der Waals surface area contributed by atoms with Crippen LogP contribution in [0.3, 0.4) is 0 Å². The monoisotopic (exact) mass is 268 g/mol. The molecule has 2 aromatic rings. The molecule has 3 heterocycles. The van der Waals surface area contributed by atoms with Crippen molar-refractivity contribution in [1.82, 2.24) is 19.5 Å². The number of hydrogen-bond donors (Lipinski definition) is 4. The summed E-state index contributed by atoms with van der Waals surface area (Å²) < 4.78 is 6.75. The third kappa shape index (κ3) is 1.83. The highest BCUT2D eigenvalue weighted by molar-refractivity contribution is 5.68. The van der Waals surface area contributed by atoms with E-state index in [0.717, 1.165) is 0 Å². The second-order valence-corrected chi connectivity index (χ2v) is 4.30. The van der Waals surface area contributed by atoms with Crippen LogP contribution in [0.1, 0.15) is 6.23 Å². The summed E-state index contributed by atoms with van der Waals surface area (Å²) in [6, 6.07) is 0. The van der Waals surface area contributed by atoms with Gasteiger partial charge in [-0.1, -0.05) is 0 Å². The molecular formula is C10H12N4O5. The quantitative estimate of drug-likeness (QED) is 0.482. The third-order valence-electron chi connectivity index (χ3n) is 3.14. The van der Waals surface area contributed by atoms with Crippen molar-refractivity contribution in [3.8, 4) is 0 Å². The van der Waals surface area contributed by atoms with E-state index in [4.69, 9.17) is 9.84 Å². The number of ether oxygens (including phenoxy) is 1. The van der Waals surface area contributed by atoms with Crippen LogP contribution in [0.25, 0.3) is 11.2 Å². The minimum atomic E-state index is -1.23. The van der Waals surface area contributed by atoms with E-state index in [9.17, 15) is 15.0 Å². The summed E-state index contributed by atoms with van der Waals surface area (Å²) >= 11 is 0. The maximum Gasteiger partial charge on any atom is 0.346 e. The van der Waals surface area contributed by atoms with Crippen molar-refractivity contribution in [1.29, 1.82) is 0 Å². The Labute approximate surface area is 106 Å². The lowest BCUT2D eigenvalue weighted by Gasteiger charge is -2.16. The Morgan fingerprint density at radius 2 is 2.16 bits per heavy atom. The van der Waals surface area contributed by atoms with Crippen molar-refractivity contribution in [3.05, 3.63) is 23.0 Å². The van der Waals surface area contributed by atoms with Gasteiger partial charge >= 0.3 is 5.69 Å². The Morgan fingerprint density at radius 3 is 2.84 bits per heavy atom. The van der Waals surface area contributed by atoms with Crippen molar-refractivity contribution < 1.29 is 20.1 Å². The number of rotatable bonds is 2. The van der Waals surface area contributed by atoms with Crippen LogP contribution in [0, 0.1) is 0 Å². The summed E-state index contributed by atoms with van der Waals surface area (Å²) in [7, 11) is 0. The van der Waals surface area contributed by atoms with Gasteiger partial charge in [-0.25, -0.2) is 9.78 Å². The SMILES string of the molecule is O=c1ncc2ncn([C@@H]3O[C@H](CO)[C@@H](O)[C@H]3O)c2[nH]1. The number of aromatic amines is 1. The molecule has 0 radical (unpaired) electrons. The summed E-state index contributed by atoms with van der Waals surface area (Å²) in [5.41, 5.74) is 0.202. The summed E-state index contributed by atoms with van der Waals surface area (Å²) in [5.74, 6) is 0. The zero-order valence-corrected chi connectivity index (χ0v) is 9.67. The summed E-state index contributed by atoms with van der Waals surface area (Å²) in [6.07, 6.45) is -1.59. The van der Waals surface area contributed by atoms with Crippen LogP contribution in [-0.2, 0) is 4.74 Å². The van der Waals surface area contributed by atoms with Gasteiger partial charge in [0.15, 0.2) is 6.23 Å². The number of nitrogens with one attached hydrogen (secondary N) is 1. The molecule has 0 bridgehead atoms. The second kappa shape index (κ2) is 4.38. The van der Waals surface area contributed by atoms with Gasteiger partial charge in [-0.05, 0) is 0 Å². The molecule has 9 nitrogen and oxygen atoms in total. The minimum absolute atomic E-state index is 0.329. The molecule has 0 aliphatic carbocycles. The molecule has 4 N–H and O–H groups in total. The van der Waals surface area contributed by atoms with Crippen LogP contribution >= 0.6 is 0 Å². The van der Waals surface area contributed by atoms with Gasteiger partial charge < -0.3 is 20.1 Å². The Balaban J connectivity index is 2.05. The summed E-state index contributed by atoms with van der Waals surface area (Å²) in [4.78, 5) is 21.2. The molecule has 1 aliphatic rings. The fourth-order valence-electron chi connectivity index (χ4n) is 2.15. The predicted octanol–water partition coefficient (Wildman–Crippen LogP) is -2.27. The second-order valence-electron chi connectivity index (χ2n) is 4.30. The summed E-state index contributed by atoms with van der Waals surface area (Å²) in [5, 5.41) is 28.7. The lowest BCUT2D eigenvalue weighted by atomic mass is 10.1. The van der Waals surface area contributed by atoms with E-state index in [1.54, 1.807) is 0 Å². The Morgan fingerprint density at radius 1 is 1.37 bits per heavy atom. The topological polar surface area (TPSA) is 133 Å². The lowest BCUT2D eigenvalue weighted by Crippen LogP contribution is -2.33. The molecule has 0 unspecified atom stereocenters. The number of imidazole rings is 1. The molecule has 4 atom stereocenters. The minimum Gasteiger partial charge on any atom is -0.394 e. The van der Waals surface area contributed by atoms with Gasteiger partial charge in [-0.15, -0.1) is 0 Å². The number of hydrogen-bond acceptors (Lipinski definition) is 7. The molecule has 2 aromatic heterocycles. The number of aromatic nitrogens is 4. The van der Waals surface area contributed by atoms with Crippen molar-refractivity contribution in [2.24, 2.45) is 0 Å². The van der Waals surface area contributed by atoms with Gasteiger partial charge in [-0.3, -0.25) is 9.55 Å². The number of aliphatic hydroxyl groups is 3. The smallest absolute Gasteiger partial charge is 0.346 e. The maximum atomic E-state index is 11.2. The van der Waals surface area contributed by atoms with Crippen LogP contribution in [-0.4, -0.2) is 59.8 Å². The fraction of sp³-hybridized carbons (Fsp3) is 0.500. The molecule has 3 rings (SSSR count). The molecule has 9 heteroatoms. The standard InChI is InChI=1S/C10H12N4O5/c15-2-5-6(16)7(17)9(19-5)14-3-12-4-1-11-10(18)13-8(4)14/h1,3,5-7,9,15-17H,2H2,(H,11,13,18)/t5-,6-,7-,9-/m1/s1. The first-order valence-corrected chi connectivity index (χ1v) is 5.66. The zero-order chi connectivity index (χ0) is 13.6. The van der Waals surface area contributed by atoms with Crippen molar-refractivity contribution >= 4 is 11.2 Å². The van der Waals surface area contributed by atoms with E-state index in [2.05, 4.69) is 15.0 Å². The Bertz CT molecular complexity index is 653. The largest absolute Gasteiger partial charge is 0.394 e. The van der Waals surface area contributed by atoms with Crippen LogP contribution in [0.4, 0.5) is 0 Å². The van der Waals surface area contributed by atoms with E-state index >= 15 is 0 Å². The molecule has 1 fully saturated rings. The molecule has 1 saturated heterocycles. The van der Waals surface area contributed by atoms with E-state index in [1.807, 2.05) is 0 Å². The first-order chi connectivity index (χ1) is 9.11. The van der Waals surface area contributed by atoms with Crippen molar-refractivity contribution in [2.75, 3.05) is 6.61 Å². The van der Waals surface area contributed by atoms with Gasteiger partial charge in [0.25, 0.3) is 0 Å². The van der Waals surface area contributed by atoms with Crippen LogP contribution in [0.5, 0.6) is 0 Å². The molecular weight excluding hydrogens is 256 g/mol. The average molecular weight is 268 g/mol. The highest BCUT2D eigenvalue weighted by Gasteiger charge is 2.43. The van der Waals surface area contributed by atoms with Crippen LogP contribution < -0.4 is 5.69 Å². The molecule has 1 aliphatic heterocycles. The number of fused-ring (bicyclic) bond motifs is 1. The van der Waals surface area contributed by atoms with Crippen molar-refractivity contribution in [2.45, 2.75) is 24.5 Å². The highest BCUT2D eigenvalue weighted by atomic mass is 16.6. The van der Waals surface area contributed by atoms with E-state index in [-0.39, 0.29) is 0 Å². The average Bonchev–Trinajstić information content (AvgIpc) is 2.92. The normalized spacial score (nSPS) is 31.1. The first kappa shape index (κ1) is 12.2. The zero-order valence-electron chi connectivity index (χ0n) is 9.67. The van der Waals surface area contributed by atoms with Gasteiger partial charge in [0.2, 0.25) is 0 Å². The van der Waals surface area contributed by atoms with E-state index < -0.39 is 36.8 Å². The van der Waals surface area contributed by atoms with E-state index in [1.165, 1.54) is 17.1 Å². The molecule has 19 heavy (non-hydrogen) atoms.